The van der Waals surface area contributed by atoms with E-state index in [4.69, 9.17) is 4.42 Å². The van der Waals surface area contributed by atoms with Crippen LogP contribution in [0.1, 0.15) is 32.6 Å². The molecule has 1 aromatic heterocycles. The van der Waals surface area contributed by atoms with E-state index in [9.17, 15) is 19.7 Å². The van der Waals surface area contributed by atoms with Crippen LogP contribution in [0.5, 0.6) is 0 Å². The van der Waals surface area contributed by atoms with Crippen LogP contribution in [-0.2, 0) is 11.3 Å². The van der Waals surface area contributed by atoms with Gasteiger partial charge in [0.1, 0.15) is 11.1 Å². The maximum absolute atomic E-state index is 12.6. The Labute approximate surface area is 182 Å². The van der Waals surface area contributed by atoms with Crippen molar-refractivity contribution in [3.63, 3.8) is 0 Å². The topological polar surface area (TPSA) is 106 Å². The summed E-state index contributed by atoms with van der Waals surface area (Å²) in [6, 6.07) is 15.0. The Balaban J connectivity index is 1.49. The van der Waals surface area contributed by atoms with Crippen LogP contribution in [0.4, 0.5) is 11.4 Å². The van der Waals surface area contributed by atoms with Crippen LogP contribution in [0.2, 0.25) is 0 Å². The monoisotopic (exact) mass is 437 g/mol. The van der Waals surface area contributed by atoms with Crippen LogP contribution < -0.4 is 5.32 Å². The van der Waals surface area contributed by atoms with E-state index in [2.05, 4.69) is 5.32 Å². The number of nitrogens with one attached hydrogen (secondary N) is 1. The molecule has 2 amide bonds. The summed E-state index contributed by atoms with van der Waals surface area (Å²) in [6.07, 6.45) is 1.58. The van der Waals surface area contributed by atoms with Gasteiger partial charge >= 0.3 is 0 Å². The average Bonchev–Trinajstić information content (AvgIpc) is 3.40. The van der Waals surface area contributed by atoms with Gasteiger partial charge < -0.3 is 14.6 Å². The minimum absolute atomic E-state index is 0.0365. The third-order valence-corrected chi connectivity index (χ3v) is 6.27. The van der Waals surface area contributed by atoms with Gasteiger partial charge in [0.25, 0.3) is 11.6 Å². The van der Waals surface area contributed by atoms with Gasteiger partial charge in [-0.3, -0.25) is 19.7 Å². The summed E-state index contributed by atoms with van der Waals surface area (Å²) in [5, 5.41) is 13.6. The Bertz CT molecular complexity index is 1130. The zero-order valence-electron chi connectivity index (χ0n) is 16.6. The number of anilines is 1. The van der Waals surface area contributed by atoms with E-state index >= 15 is 0 Å². The van der Waals surface area contributed by atoms with E-state index in [0.29, 0.717) is 29.3 Å². The Kier molecular flexibility index (Phi) is 5.77. The number of carbonyl (C=O) groups is 2. The summed E-state index contributed by atoms with van der Waals surface area (Å²) < 4.78 is 5.37. The van der Waals surface area contributed by atoms with Gasteiger partial charge in [0.05, 0.1) is 29.2 Å². The molecule has 4 rings (SSSR count). The van der Waals surface area contributed by atoms with Gasteiger partial charge in [-0.2, -0.15) is 0 Å². The number of benzene rings is 2. The fraction of sp³-hybridized carbons (Fsp3) is 0.182. The van der Waals surface area contributed by atoms with Crippen LogP contribution in [0.25, 0.3) is 0 Å². The maximum atomic E-state index is 12.6. The van der Waals surface area contributed by atoms with Crippen molar-refractivity contribution in [1.82, 2.24) is 4.90 Å². The third-order valence-electron chi connectivity index (χ3n) is 5.01. The molecule has 0 saturated carbocycles. The SMILES string of the molecule is Cc1ccc([N+](=O)[O-])cc1NC(=O)c1ccc(C2SCC(=O)N2Cc2ccco2)cc1. The molecule has 158 valence electrons. The van der Waals surface area contributed by atoms with E-state index < -0.39 is 4.92 Å². The Morgan fingerprint density at radius 2 is 2.03 bits per heavy atom. The number of non-ortho nitro benzene ring substituents is 1. The van der Waals surface area contributed by atoms with Crippen molar-refractivity contribution in [3.8, 4) is 0 Å². The van der Waals surface area contributed by atoms with Gasteiger partial charge in [-0.15, -0.1) is 11.8 Å². The zero-order valence-corrected chi connectivity index (χ0v) is 17.4. The minimum Gasteiger partial charge on any atom is -0.467 e. The molecule has 0 spiro atoms. The molecule has 1 aliphatic rings. The van der Waals surface area contributed by atoms with Crippen LogP contribution in [0, 0.1) is 17.0 Å². The van der Waals surface area contributed by atoms with Crippen molar-refractivity contribution in [2.45, 2.75) is 18.8 Å². The number of hydrogen-bond donors (Lipinski definition) is 1. The molecule has 1 aliphatic heterocycles. The first-order valence-corrected chi connectivity index (χ1v) is 10.6. The summed E-state index contributed by atoms with van der Waals surface area (Å²) in [5.74, 6) is 0.774. The molecule has 31 heavy (non-hydrogen) atoms. The number of nitro benzene ring substituents is 1. The van der Waals surface area contributed by atoms with Crippen molar-refractivity contribution in [2.75, 3.05) is 11.1 Å². The van der Waals surface area contributed by atoms with Crippen molar-refractivity contribution in [2.24, 2.45) is 0 Å². The lowest BCUT2D eigenvalue weighted by Crippen LogP contribution is -2.27. The Morgan fingerprint density at radius 3 is 2.71 bits per heavy atom. The molecule has 1 saturated heterocycles. The fourth-order valence-corrected chi connectivity index (χ4v) is 4.51. The van der Waals surface area contributed by atoms with Crippen molar-refractivity contribution in [1.29, 1.82) is 0 Å². The van der Waals surface area contributed by atoms with Crippen molar-refractivity contribution < 1.29 is 18.9 Å². The van der Waals surface area contributed by atoms with Gasteiger partial charge in [-0.05, 0) is 42.3 Å². The van der Waals surface area contributed by atoms with E-state index in [0.717, 1.165) is 11.1 Å². The first-order valence-electron chi connectivity index (χ1n) is 9.52. The van der Waals surface area contributed by atoms with E-state index in [1.54, 1.807) is 42.4 Å². The molecule has 2 aromatic carbocycles. The summed E-state index contributed by atoms with van der Waals surface area (Å²) in [7, 11) is 0. The van der Waals surface area contributed by atoms with E-state index in [1.165, 1.54) is 23.9 Å². The number of amides is 2. The molecular formula is C22H19N3O5S. The first kappa shape index (κ1) is 20.7. The molecule has 1 N–H and O–H groups in total. The highest BCUT2D eigenvalue weighted by atomic mass is 32.2. The molecule has 2 heterocycles. The summed E-state index contributed by atoms with van der Waals surface area (Å²) >= 11 is 1.53. The molecule has 9 heteroatoms. The second-order valence-electron chi connectivity index (χ2n) is 7.10. The number of nitrogens with zero attached hydrogens (tertiary/aromatic N) is 2. The number of thioether (sulfide) groups is 1. The molecule has 8 nitrogen and oxygen atoms in total. The van der Waals surface area contributed by atoms with Crippen LogP contribution in [0.15, 0.2) is 65.3 Å². The number of carbonyl (C=O) groups excluding carboxylic acids is 2. The summed E-state index contributed by atoms with van der Waals surface area (Å²) in [4.78, 5) is 37.2. The van der Waals surface area contributed by atoms with Gasteiger partial charge in [0.15, 0.2) is 0 Å². The third kappa shape index (κ3) is 4.46. The molecule has 0 aliphatic carbocycles. The standard InChI is InChI=1S/C22H19N3O5S/c1-14-4-9-17(25(28)29)11-19(14)23-21(27)15-5-7-16(8-6-15)22-24(20(26)13-31-22)12-18-3-2-10-30-18/h2-11,22H,12-13H2,1H3,(H,23,27). The molecule has 1 unspecified atom stereocenters. The predicted molar refractivity (Wildman–Crippen MR) is 117 cm³/mol. The number of furan rings is 1. The number of rotatable bonds is 6. The first-order chi connectivity index (χ1) is 14.9. The summed E-state index contributed by atoms with van der Waals surface area (Å²) in [6.45, 7) is 2.15. The second kappa shape index (κ2) is 8.65. The number of hydrogen-bond acceptors (Lipinski definition) is 6. The minimum atomic E-state index is -0.501. The quantitative estimate of drug-likeness (QED) is 0.449. The number of aryl methyl sites for hydroxylation is 1. The normalized spacial score (nSPS) is 15.8. The lowest BCUT2D eigenvalue weighted by atomic mass is 10.1. The van der Waals surface area contributed by atoms with Crippen molar-refractivity contribution >= 4 is 35.0 Å². The predicted octanol–water partition coefficient (Wildman–Crippen LogP) is 4.52. The smallest absolute Gasteiger partial charge is 0.271 e. The largest absolute Gasteiger partial charge is 0.467 e. The number of nitro groups is 1. The highest BCUT2D eigenvalue weighted by Gasteiger charge is 2.33. The molecule has 0 radical (unpaired) electrons. The Hall–Kier alpha value is -3.59. The van der Waals surface area contributed by atoms with Gasteiger partial charge in [0.2, 0.25) is 5.91 Å². The van der Waals surface area contributed by atoms with E-state index in [1.807, 2.05) is 18.2 Å². The van der Waals surface area contributed by atoms with Crippen molar-refractivity contribution in [3.05, 3.63) is 93.4 Å². The molecule has 1 fully saturated rings. The molecular weight excluding hydrogens is 418 g/mol. The molecule has 1 atom stereocenters. The summed E-state index contributed by atoms with van der Waals surface area (Å²) in [5.41, 5.74) is 2.36. The maximum Gasteiger partial charge on any atom is 0.271 e. The van der Waals surface area contributed by atoms with Gasteiger partial charge in [0, 0.05) is 17.7 Å². The molecule has 0 bridgehead atoms. The van der Waals surface area contributed by atoms with Gasteiger partial charge in [-0.25, -0.2) is 0 Å². The second-order valence-corrected chi connectivity index (χ2v) is 8.17. The zero-order chi connectivity index (χ0) is 22.0. The lowest BCUT2D eigenvalue weighted by molar-refractivity contribution is -0.384. The van der Waals surface area contributed by atoms with E-state index in [-0.39, 0.29) is 22.9 Å². The van der Waals surface area contributed by atoms with Crippen LogP contribution in [0.3, 0.4) is 0 Å². The van der Waals surface area contributed by atoms with Gasteiger partial charge in [-0.1, -0.05) is 18.2 Å². The van der Waals surface area contributed by atoms with Crippen LogP contribution in [-0.4, -0.2) is 27.4 Å². The average molecular weight is 437 g/mol. The molecule has 3 aromatic rings. The lowest BCUT2D eigenvalue weighted by Gasteiger charge is -2.23. The fourth-order valence-electron chi connectivity index (χ4n) is 3.32. The van der Waals surface area contributed by atoms with Crippen LogP contribution >= 0.6 is 11.8 Å². The highest BCUT2D eigenvalue weighted by Crippen LogP contribution is 2.39. The Morgan fingerprint density at radius 1 is 1.26 bits per heavy atom. The highest BCUT2D eigenvalue weighted by molar-refractivity contribution is 8.00.